The Balaban J connectivity index is 1.85. The number of benzene rings is 1. The number of hydrogen-bond donors (Lipinski definition) is 1. The molecule has 22 heavy (non-hydrogen) atoms. The predicted octanol–water partition coefficient (Wildman–Crippen LogP) is 2.33. The molecule has 1 fully saturated rings. The van der Waals surface area contributed by atoms with Crippen LogP contribution in [0.4, 0.5) is 0 Å². The summed E-state index contributed by atoms with van der Waals surface area (Å²) in [6.07, 6.45) is 1.02. The molecule has 0 saturated carbocycles. The van der Waals surface area contributed by atoms with Crippen LogP contribution in [-0.2, 0) is 6.42 Å². The molecule has 1 amide bonds. The number of rotatable bonds is 3. The summed E-state index contributed by atoms with van der Waals surface area (Å²) in [7, 11) is 0. The van der Waals surface area contributed by atoms with Gasteiger partial charge in [0.2, 0.25) is 0 Å². The van der Waals surface area contributed by atoms with Crippen molar-refractivity contribution in [2.45, 2.75) is 26.3 Å². The van der Waals surface area contributed by atoms with Crippen LogP contribution in [0.2, 0.25) is 0 Å². The molecule has 1 aliphatic heterocycles. The Bertz CT molecular complexity index is 648. The molecule has 1 aromatic heterocycles. The number of nitrogens with one attached hydrogen (secondary N) is 1. The number of carbonyl (C=O) groups excluding carboxylic acids is 1. The van der Waals surface area contributed by atoms with E-state index in [1.54, 1.807) is 13.0 Å². The second-order valence-electron chi connectivity index (χ2n) is 5.64. The standard InChI is InChI=1S/C17H21N3O2/c1-3-13-4-6-14(7-5-13)16-11-18-8-9-20(16)17(21)15-10-12(2)22-19-15/h4-7,10,16,18H,3,8-9,11H2,1-2H3. The minimum absolute atomic E-state index is 0.0316. The second-order valence-corrected chi connectivity index (χ2v) is 5.64. The molecule has 1 aliphatic rings. The third-order valence-corrected chi connectivity index (χ3v) is 4.12. The summed E-state index contributed by atoms with van der Waals surface area (Å²) < 4.78 is 5.03. The quantitative estimate of drug-likeness (QED) is 0.945. The van der Waals surface area contributed by atoms with Gasteiger partial charge in [0.25, 0.3) is 5.91 Å². The van der Waals surface area contributed by atoms with E-state index in [4.69, 9.17) is 4.52 Å². The number of amides is 1. The molecular formula is C17H21N3O2. The minimum atomic E-state index is -0.0667. The lowest BCUT2D eigenvalue weighted by Crippen LogP contribution is -2.48. The topological polar surface area (TPSA) is 58.4 Å². The van der Waals surface area contributed by atoms with E-state index in [9.17, 15) is 4.79 Å². The molecule has 1 unspecified atom stereocenters. The summed E-state index contributed by atoms with van der Waals surface area (Å²) in [5.74, 6) is 0.588. The SMILES string of the molecule is CCc1ccc(C2CNCCN2C(=O)c2cc(C)on2)cc1. The van der Waals surface area contributed by atoms with Crippen molar-refractivity contribution in [2.75, 3.05) is 19.6 Å². The second kappa shape index (κ2) is 6.32. The van der Waals surface area contributed by atoms with Crippen molar-refractivity contribution in [1.82, 2.24) is 15.4 Å². The largest absolute Gasteiger partial charge is 0.361 e. The molecule has 0 radical (unpaired) electrons. The molecule has 1 saturated heterocycles. The Morgan fingerprint density at radius 3 is 2.82 bits per heavy atom. The van der Waals surface area contributed by atoms with E-state index in [-0.39, 0.29) is 11.9 Å². The third-order valence-electron chi connectivity index (χ3n) is 4.12. The highest BCUT2D eigenvalue weighted by Gasteiger charge is 2.30. The van der Waals surface area contributed by atoms with Crippen molar-refractivity contribution in [3.05, 3.63) is 52.9 Å². The Labute approximate surface area is 130 Å². The number of piperazine rings is 1. The highest BCUT2D eigenvalue weighted by Crippen LogP contribution is 2.24. The zero-order valence-electron chi connectivity index (χ0n) is 13.0. The number of aryl methyl sites for hydroxylation is 2. The summed E-state index contributed by atoms with van der Waals surface area (Å²) in [5, 5.41) is 7.23. The van der Waals surface area contributed by atoms with Gasteiger partial charge in [-0.05, 0) is 24.5 Å². The van der Waals surface area contributed by atoms with Gasteiger partial charge in [0.15, 0.2) is 5.69 Å². The maximum Gasteiger partial charge on any atom is 0.276 e. The maximum atomic E-state index is 12.7. The van der Waals surface area contributed by atoms with Crippen molar-refractivity contribution in [3.8, 4) is 0 Å². The van der Waals surface area contributed by atoms with Gasteiger partial charge >= 0.3 is 0 Å². The molecule has 0 spiro atoms. The van der Waals surface area contributed by atoms with Crippen LogP contribution in [0.3, 0.4) is 0 Å². The number of aromatic nitrogens is 1. The van der Waals surface area contributed by atoms with E-state index in [2.05, 4.69) is 41.7 Å². The third kappa shape index (κ3) is 2.90. The van der Waals surface area contributed by atoms with E-state index >= 15 is 0 Å². The maximum absolute atomic E-state index is 12.7. The van der Waals surface area contributed by atoms with E-state index < -0.39 is 0 Å². The van der Waals surface area contributed by atoms with Crippen molar-refractivity contribution in [1.29, 1.82) is 0 Å². The number of hydrogen-bond acceptors (Lipinski definition) is 4. The van der Waals surface area contributed by atoms with Crippen LogP contribution < -0.4 is 5.32 Å². The molecule has 2 heterocycles. The normalized spacial score (nSPS) is 18.5. The molecule has 0 aliphatic carbocycles. The summed E-state index contributed by atoms with van der Waals surface area (Å²) in [5.41, 5.74) is 2.84. The first-order valence-electron chi connectivity index (χ1n) is 7.73. The lowest BCUT2D eigenvalue weighted by molar-refractivity contribution is 0.0623. The van der Waals surface area contributed by atoms with Crippen LogP contribution in [0.15, 0.2) is 34.9 Å². The van der Waals surface area contributed by atoms with Crippen molar-refractivity contribution in [3.63, 3.8) is 0 Å². The van der Waals surface area contributed by atoms with Gasteiger partial charge in [-0.25, -0.2) is 0 Å². The van der Waals surface area contributed by atoms with Gasteiger partial charge in [-0.1, -0.05) is 36.3 Å². The van der Waals surface area contributed by atoms with E-state index in [1.165, 1.54) is 5.56 Å². The summed E-state index contributed by atoms with van der Waals surface area (Å²) in [4.78, 5) is 14.6. The van der Waals surface area contributed by atoms with E-state index in [0.717, 1.165) is 25.1 Å². The van der Waals surface area contributed by atoms with Gasteiger partial charge in [0, 0.05) is 25.7 Å². The Morgan fingerprint density at radius 2 is 2.18 bits per heavy atom. The van der Waals surface area contributed by atoms with E-state index in [1.807, 2.05) is 4.90 Å². The Hall–Kier alpha value is -2.14. The van der Waals surface area contributed by atoms with Gasteiger partial charge in [-0.2, -0.15) is 0 Å². The van der Waals surface area contributed by atoms with Crippen molar-refractivity contribution in [2.24, 2.45) is 0 Å². The molecule has 5 nitrogen and oxygen atoms in total. The number of nitrogens with zero attached hydrogens (tertiary/aromatic N) is 2. The highest BCUT2D eigenvalue weighted by molar-refractivity contribution is 5.92. The molecule has 1 atom stereocenters. The first kappa shape index (κ1) is 14.8. The zero-order valence-corrected chi connectivity index (χ0v) is 13.0. The Kier molecular flexibility index (Phi) is 4.24. The molecule has 116 valence electrons. The molecule has 0 bridgehead atoms. The van der Waals surface area contributed by atoms with Crippen LogP contribution in [0, 0.1) is 6.92 Å². The van der Waals surface area contributed by atoms with Crippen LogP contribution in [0.25, 0.3) is 0 Å². The summed E-state index contributed by atoms with van der Waals surface area (Å²) in [6, 6.07) is 10.2. The first-order valence-corrected chi connectivity index (χ1v) is 7.73. The van der Waals surface area contributed by atoms with Crippen LogP contribution in [0.5, 0.6) is 0 Å². The van der Waals surface area contributed by atoms with Gasteiger partial charge in [0.05, 0.1) is 6.04 Å². The zero-order chi connectivity index (χ0) is 15.5. The van der Waals surface area contributed by atoms with E-state index in [0.29, 0.717) is 18.0 Å². The predicted molar refractivity (Wildman–Crippen MR) is 83.7 cm³/mol. The van der Waals surface area contributed by atoms with Crippen LogP contribution in [-0.4, -0.2) is 35.6 Å². The van der Waals surface area contributed by atoms with Crippen molar-refractivity contribution < 1.29 is 9.32 Å². The first-order chi connectivity index (χ1) is 10.7. The average Bonchev–Trinajstić information content (AvgIpc) is 3.01. The fourth-order valence-corrected chi connectivity index (χ4v) is 2.84. The molecular weight excluding hydrogens is 278 g/mol. The molecule has 5 heteroatoms. The molecule has 3 rings (SSSR count). The van der Waals surface area contributed by atoms with Crippen LogP contribution in [0.1, 0.15) is 40.3 Å². The fraction of sp³-hybridized carbons (Fsp3) is 0.412. The minimum Gasteiger partial charge on any atom is -0.361 e. The lowest BCUT2D eigenvalue weighted by atomic mass is 10.0. The van der Waals surface area contributed by atoms with Gasteiger partial charge in [-0.15, -0.1) is 0 Å². The fourth-order valence-electron chi connectivity index (χ4n) is 2.84. The summed E-state index contributed by atoms with van der Waals surface area (Å²) >= 11 is 0. The van der Waals surface area contributed by atoms with Crippen LogP contribution >= 0.6 is 0 Å². The highest BCUT2D eigenvalue weighted by atomic mass is 16.5. The Morgan fingerprint density at radius 1 is 1.41 bits per heavy atom. The molecule has 1 N–H and O–H groups in total. The van der Waals surface area contributed by atoms with Crippen molar-refractivity contribution >= 4 is 5.91 Å². The smallest absolute Gasteiger partial charge is 0.276 e. The summed E-state index contributed by atoms with van der Waals surface area (Å²) in [6.45, 7) is 6.16. The lowest BCUT2D eigenvalue weighted by Gasteiger charge is -2.36. The van der Waals surface area contributed by atoms with Gasteiger partial charge in [0.1, 0.15) is 5.76 Å². The molecule has 1 aromatic carbocycles. The monoisotopic (exact) mass is 299 g/mol. The average molecular weight is 299 g/mol. The van der Waals surface area contributed by atoms with Gasteiger partial charge in [-0.3, -0.25) is 4.79 Å². The van der Waals surface area contributed by atoms with Gasteiger partial charge < -0.3 is 14.7 Å². The number of carbonyl (C=O) groups is 1. The molecule has 2 aromatic rings.